The lowest BCUT2D eigenvalue weighted by Crippen LogP contribution is -2.13. The number of rotatable bonds is 18. The molecule has 4 aromatic rings. The lowest BCUT2D eigenvalue weighted by Gasteiger charge is -2.14. The molecule has 0 aromatic heterocycles. The van der Waals surface area contributed by atoms with Crippen molar-refractivity contribution in [1.82, 2.24) is 0 Å². The normalized spacial score (nSPS) is 12.6. The maximum atomic E-state index is 11.8. The van der Waals surface area contributed by atoms with Crippen LogP contribution in [0.5, 0.6) is 17.2 Å². The highest BCUT2D eigenvalue weighted by molar-refractivity contribution is 9.10. The Hall–Kier alpha value is -3.87. The van der Waals surface area contributed by atoms with Gasteiger partial charge < -0.3 is 28.4 Å². The molecule has 0 radical (unpaired) electrons. The Bertz CT molecular complexity index is 1510. The molecule has 4 rings (SSSR count). The topological polar surface area (TPSA) is 107 Å². The molecule has 0 saturated heterocycles. The number of esters is 3. The molecule has 0 bridgehead atoms. The summed E-state index contributed by atoms with van der Waals surface area (Å²) in [5.74, 6) is 1.06. The van der Waals surface area contributed by atoms with Crippen LogP contribution in [-0.4, -0.2) is 32.4 Å². The van der Waals surface area contributed by atoms with Crippen LogP contribution in [0.2, 0.25) is 0 Å². The van der Waals surface area contributed by atoms with E-state index in [0.717, 1.165) is 33.4 Å². The van der Waals surface area contributed by atoms with E-state index >= 15 is 0 Å². The summed E-state index contributed by atoms with van der Waals surface area (Å²) in [6.07, 6.45) is 0. The summed E-state index contributed by atoms with van der Waals surface area (Å²) < 4.78 is 34.1. The maximum Gasteiger partial charge on any atom is 0.319 e. The fourth-order valence-corrected chi connectivity index (χ4v) is 4.84. The summed E-state index contributed by atoms with van der Waals surface area (Å²) >= 11 is 9.63. The second-order valence-electron chi connectivity index (χ2n) is 11.6. The molecule has 0 heterocycles. The van der Waals surface area contributed by atoms with Gasteiger partial charge in [0.15, 0.2) is 0 Å². The highest BCUT2D eigenvalue weighted by atomic mass is 79.9. The van der Waals surface area contributed by atoms with Crippen molar-refractivity contribution < 1.29 is 42.8 Å². The molecule has 0 aliphatic heterocycles. The molecule has 0 spiro atoms. The molecular weight excluding hydrogens is 852 g/mol. The third kappa shape index (κ3) is 14.0. The van der Waals surface area contributed by atoms with Gasteiger partial charge in [0.25, 0.3) is 0 Å². The van der Waals surface area contributed by atoms with Crippen LogP contribution in [0.25, 0.3) is 0 Å². The monoisotopic (exact) mass is 888 g/mol. The van der Waals surface area contributed by atoms with Crippen LogP contribution in [0.1, 0.15) is 54.2 Å². The van der Waals surface area contributed by atoms with E-state index in [9.17, 15) is 14.4 Å². The minimum absolute atomic E-state index is 0.180. The summed E-state index contributed by atoms with van der Waals surface area (Å²) in [5, 5.41) is 0. The third-order valence-corrected chi connectivity index (χ3v) is 8.34. The highest BCUT2D eigenvalue weighted by Gasteiger charge is 2.13. The zero-order chi connectivity index (χ0) is 36.8. The molecule has 0 aliphatic carbocycles. The fraction of sp³-hybridized carbons (Fsp3) is 0.308. The number of hydrogen-bond acceptors (Lipinski definition) is 9. The molecule has 0 N–H and O–H groups in total. The Morgan fingerprint density at radius 2 is 0.647 bits per heavy atom. The molecule has 0 fully saturated rings. The number of hydrogen-bond donors (Lipinski definition) is 0. The quantitative estimate of drug-likeness (QED) is 0.0550. The molecule has 0 aliphatic rings. The Balaban J connectivity index is 1.40. The maximum absolute atomic E-state index is 11.8. The number of halogens is 3. The van der Waals surface area contributed by atoms with Crippen LogP contribution in [0.3, 0.4) is 0 Å². The van der Waals surface area contributed by atoms with E-state index in [1.807, 2.05) is 91.0 Å². The van der Waals surface area contributed by atoms with E-state index in [-0.39, 0.29) is 52.2 Å². The summed E-state index contributed by atoms with van der Waals surface area (Å²) in [4.78, 5) is 34.2. The van der Waals surface area contributed by atoms with E-state index in [0.29, 0.717) is 37.1 Å². The van der Waals surface area contributed by atoms with Crippen molar-refractivity contribution in [3.05, 3.63) is 124 Å². The lowest BCUT2D eigenvalue weighted by molar-refractivity contribution is -0.144. The first-order valence-corrected chi connectivity index (χ1v) is 18.9. The SMILES string of the molecule is CC(Br)C(=O)OCc1ccc(OCc2cc(COc3ccc(COC(=O)C(C)Br)cc3)cc(COc3ccc(COC(=O)C(C)Br)cc3)c2)cc1. The van der Waals surface area contributed by atoms with Gasteiger partial charge in [0.1, 0.15) is 71.4 Å². The van der Waals surface area contributed by atoms with Crippen molar-refractivity contribution in [3.63, 3.8) is 0 Å². The van der Waals surface area contributed by atoms with Gasteiger partial charge in [-0.05, 0) is 109 Å². The van der Waals surface area contributed by atoms with E-state index in [1.54, 1.807) is 20.8 Å². The zero-order valence-corrected chi connectivity index (χ0v) is 33.2. The molecular formula is C39H39Br3O9. The highest BCUT2D eigenvalue weighted by Crippen LogP contribution is 2.22. The van der Waals surface area contributed by atoms with E-state index in [1.165, 1.54) is 0 Å². The van der Waals surface area contributed by atoms with Crippen LogP contribution < -0.4 is 14.2 Å². The van der Waals surface area contributed by atoms with Gasteiger partial charge in [0.2, 0.25) is 0 Å². The third-order valence-electron chi connectivity index (χ3n) is 7.22. The zero-order valence-electron chi connectivity index (χ0n) is 28.4. The summed E-state index contributed by atoms with van der Waals surface area (Å²) in [6, 6.07) is 28.3. The Morgan fingerprint density at radius 3 is 0.863 bits per heavy atom. The second kappa shape index (κ2) is 20.2. The predicted octanol–water partition coefficient (Wildman–Crippen LogP) is 8.90. The largest absolute Gasteiger partial charge is 0.489 e. The number of carbonyl (C=O) groups excluding carboxylic acids is 3. The Kier molecular flexibility index (Phi) is 15.8. The molecule has 12 heteroatoms. The first kappa shape index (κ1) is 39.9. The number of ether oxygens (including phenoxy) is 6. The van der Waals surface area contributed by atoms with Gasteiger partial charge in [0.05, 0.1) is 0 Å². The van der Waals surface area contributed by atoms with Crippen LogP contribution in [0.15, 0.2) is 91.0 Å². The van der Waals surface area contributed by atoms with E-state index in [2.05, 4.69) is 47.8 Å². The average molecular weight is 891 g/mol. The van der Waals surface area contributed by atoms with Crippen molar-refractivity contribution >= 4 is 65.7 Å². The van der Waals surface area contributed by atoms with Gasteiger partial charge in [-0.2, -0.15) is 0 Å². The van der Waals surface area contributed by atoms with Crippen LogP contribution >= 0.6 is 47.8 Å². The molecule has 51 heavy (non-hydrogen) atoms. The van der Waals surface area contributed by atoms with Crippen molar-refractivity contribution in [2.24, 2.45) is 0 Å². The smallest absolute Gasteiger partial charge is 0.319 e. The fourth-order valence-electron chi connectivity index (χ4n) is 4.44. The Morgan fingerprint density at radius 1 is 0.412 bits per heavy atom. The minimum Gasteiger partial charge on any atom is -0.489 e. The number of alkyl halides is 3. The van der Waals surface area contributed by atoms with Crippen LogP contribution in [0.4, 0.5) is 0 Å². The van der Waals surface area contributed by atoms with Crippen molar-refractivity contribution in [2.45, 2.75) is 74.9 Å². The van der Waals surface area contributed by atoms with Gasteiger partial charge >= 0.3 is 17.9 Å². The summed E-state index contributed by atoms with van der Waals surface area (Å²) in [7, 11) is 0. The first-order chi connectivity index (χ1) is 24.4. The summed E-state index contributed by atoms with van der Waals surface area (Å²) in [5.41, 5.74) is 5.34. The molecule has 3 atom stereocenters. The molecule has 3 unspecified atom stereocenters. The van der Waals surface area contributed by atoms with Crippen LogP contribution in [0, 0.1) is 0 Å². The summed E-state index contributed by atoms with van der Waals surface area (Å²) in [6.45, 7) is 6.61. The predicted molar refractivity (Wildman–Crippen MR) is 203 cm³/mol. The molecule has 0 amide bonds. The first-order valence-electron chi connectivity index (χ1n) is 16.1. The molecule has 4 aromatic carbocycles. The van der Waals surface area contributed by atoms with Crippen LogP contribution in [-0.2, 0) is 68.2 Å². The van der Waals surface area contributed by atoms with Gasteiger partial charge in [-0.25, -0.2) is 0 Å². The van der Waals surface area contributed by atoms with E-state index in [4.69, 9.17) is 28.4 Å². The molecule has 9 nitrogen and oxygen atoms in total. The molecule has 0 saturated carbocycles. The number of benzene rings is 4. The van der Waals surface area contributed by atoms with Gasteiger partial charge in [0, 0.05) is 0 Å². The van der Waals surface area contributed by atoms with E-state index < -0.39 is 0 Å². The van der Waals surface area contributed by atoms with Crippen molar-refractivity contribution in [1.29, 1.82) is 0 Å². The standard InChI is InChI=1S/C39H39Br3O9/c1-25(40)37(43)49-19-28-4-10-34(11-5-28)46-22-31-16-32(23-47-35-12-6-29(7-13-35)20-50-38(44)26(2)41)18-33(17-31)24-48-36-14-8-30(9-15-36)21-51-39(45)27(3)42/h4-18,25-27H,19-24H2,1-3H3. The van der Waals surface area contributed by atoms with Gasteiger partial charge in [-0.1, -0.05) is 84.2 Å². The van der Waals surface area contributed by atoms with Gasteiger partial charge in [-0.3, -0.25) is 14.4 Å². The van der Waals surface area contributed by atoms with Crippen molar-refractivity contribution in [3.8, 4) is 17.2 Å². The Labute approximate surface area is 323 Å². The number of carbonyl (C=O) groups is 3. The van der Waals surface area contributed by atoms with Gasteiger partial charge in [-0.15, -0.1) is 0 Å². The van der Waals surface area contributed by atoms with Crippen molar-refractivity contribution in [2.75, 3.05) is 0 Å². The average Bonchev–Trinajstić information content (AvgIpc) is 3.13. The lowest BCUT2D eigenvalue weighted by atomic mass is 10.1. The molecule has 270 valence electrons. The second-order valence-corrected chi connectivity index (χ2v) is 15.7. The minimum atomic E-state index is -0.366.